The summed E-state index contributed by atoms with van der Waals surface area (Å²) in [7, 11) is 3.28. The summed E-state index contributed by atoms with van der Waals surface area (Å²) in [4.78, 5) is 0. The Labute approximate surface area is 85.8 Å². The third kappa shape index (κ3) is 8.19. The van der Waals surface area contributed by atoms with E-state index in [0.717, 1.165) is 0 Å². The van der Waals surface area contributed by atoms with E-state index in [1.54, 1.807) is 20.3 Å². The zero-order valence-corrected chi connectivity index (χ0v) is 9.03. The second-order valence-corrected chi connectivity index (χ2v) is 2.77. The quantitative estimate of drug-likeness (QED) is 0.391. The van der Waals surface area contributed by atoms with Crippen LogP contribution in [0.4, 0.5) is 0 Å². The van der Waals surface area contributed by atoms with Gasteiger partial charge in [-0.15, -0.1) is 6.58 Å². The maximum absolute atomic E-state index is 5.46. The molecule has 0 aromatic heterocycles. The fraction of sp³-hybridized carbons (Fsp3) is 0.800. The highest BCUT2D eigenvalue weighted by atomic mass is 16.6. The molecular weight excluding hydrogens is 184 g/mol. The third-order valence-corrected chi connectivity index (χ3v) is 1.53. The fourth-order valence-corrected chi connectivity index (χ4v) is 0.911. The third-order valence-electron chi connectivity index (χ3n) is 1.53. The van der Waals surface area contributed by atoms with Crippen molar-refractivity contribution in [3.63, 3.8) is 0 Å². The van der Waals surface area contributed by atoms with E-state index in [1.807, 2.05) is 0 Å². The van der Waals surface area contributed by atoms with Gasteiger partial charge in [0.2, 0.25) is 0 Å². The predicted octanol–water partition coefficient (Wildman–Crippen LogP) is 0.867. The minimum Gasteiger partial charge on any atom is -0.382 e. The minimum absolute atomic E-state index is 0.0323. The number of hydrogen-bond acceptors (Lipinski definition) is 4. The SMILES string of the molecule is C=CCOCC(COC)OCCOC. The lowest BCUT2D eigenvalue weighted by Gasteiger charge is -2.16. The first-order valence-electron chi connectivity index (χ1n) is 4.63. The maximum atomic E-state index is 5.46. The number of rotatable bonds is 10. The highest BCUT2D eigenvalue weighted by Gasteiger charge is 2.08. The van der Waals surface area contributed by atoms with Crippen LogP contribution < -0.4 is 0 Å². The molecule has 84 valence electrons. The first kappa shape index (κ1) is 13.6. The van der Waals surface area contributed by atoms with Gasteiger partial charge in [0, 0.05) is 14.2 Å². The Bertz CT molecular complexity index is 127. The molecule has 1 unspecified atom stereocenters. The molecule has 0 aromatic carbocycles. The number of hydrogen-bond donors (Lipinski definition) is 0. The lowest BCUT2D eigenvalue weighted by atomic mass is 10.4. The fourth-order valence-electron chi connectivity index (χ4n) is 0.911. The van der Waals surface area contributed by atoms with E-state index >= 15 is 0 Å². The van der Waals surface area contributed by atoms with E-state index in [1.165, 1.54) is 0 Å². The molecule has 0 amide bonds. The van der Waals surface area contributed by atoms with Crippen molar-refractivity contribution >= 4 is 0 Å². The van der Waals surface area contributed by atoms with Crippen LogP contribution in [0.15, 0.2) is 12.7 Å². The van der Waals surface area contributed by atoms with E-state index in [-0.39, 0.29) is 6.10 Å². The van der Waals surface area contributed by atoms with Gasteiger partial charge in [-0.25, -0.2) is 0 Å². The Kier molecular flexibility index (Phi) is 10.3. The first-order chi connectivity index (χ1) is 6.85. The van der Waals surface area contributed by atoms with Crippen molar-refractivity contribution in [2.45, 2.75) is 6.10 Å². The maximum Gasteiger partial charge on any atom is 0.104 e. The van der Waals surface area contributed by atoms with Crippen LogP contribution in [0.1, 0.15) is 0 Å². The summed E-state index contributed by atoms with van der Waals surface area (Å²) in [5.41, 5.74) is 0. The molecular formula is C10H20O4. The Morgan fingerprint density at radius 3 is 2.50 bits per heavy atom. The van der Waals surface area contributed by atoms with E-state index in [9.17, 15) is 0 Å². The van der Waals surface area contributed by atoms with Crippen molar-refractivity contribution in [2.24, 2.45) is 0 Å². The van der Waals surface area contributed by atoms with Crippen molar-refractivity contribution in [3.8, 4) is 0 Å². The predicted molar refractivity (Wildman–Crippen MR) is 54.5 cm³/mol. The molecule has 0 radical (unpaired) electrons. The number of methoxy groups -OCH3 is 2. The van der Waals surface area contributed by atoms with Gasteiger partial charge in [0.1, 0.15) is 6.10 Å². The smallest absolute Gasteiger partial charge is 0.104 e. The lowest BCUT2D eigenvalue weighted by molar-refractivity contribution is -0.0586. The van der Waals surface area contributed by atoms with Crippen molar-refractivity contribution in [1.82, 2.24) is 0 Å². The van der Waals surface area contributed by atoms with Gasteiger partial charge >= 0.3 is 0 Å². The largest absolute Gasteiger partial charge is 0.382 e. The standard InChI is InChI=1S/C10H20O4/c1-4-5-13-9-10(8-12-3)14-7-6-11-2/h4,10H,1,5-9H2,2-3H3. The van der Waals surface area contributed by atoms with Gasteiger partial charge in [-0.05, 0) is 0 Å². The second kappa shape index (κ2) is 10.7. The average Bonchev–Trinajstić information content (AvgIpc) is 2.18. The van der Waals surface area contributed by atoms with Crippen LogP contribution in [-0.4, -0.2) is 53.4 Å². The Morgan fingerprint density at radius 2 is 1.93 bits per heavy atom. The van der Waals surface area contributed by atoms with E-state index < -0.39 is 0 Å². The van der Waals surface area contributed by atoms with E-state index in [2.05, 4.69) is 6.58 Å². The highest BCUT2D eigenvalue weighted by molar-refractivity contribution is 4.65. The zero-order chi connectivity index (χ0) is 10.6. The van der Waals surface area contributed by atoms with Crippen molar-refractivity contribution < 1.29 is 18.9 Å². The number of ether oxygens (including phenoxy) is 4. The Balaban J connectivity index is 3.48. The van der Waals surface area contributed by atoms with Gasteiger partial charge in [-0.1, -0.05) is 6.08 Å². The summed E-state index contributed by atoms with van der Waals surface area (Å²) in [5.74, 6) is 0. The summed E-state index contributed by atoms with van der Waals surface area (Å²) >= 11 is 0. The van der Waals surface area contributed by atoms with Gasteiger partial charge in [-0.2, -0.15) is 0 Å². The Hall–Kier alpha value is -0.420. The van der Waals surface area contributed by atoms with Crippen LogP contribution in [-0.2, 0) is 18.9 Å². The van der Waals surface area contributed by atoms with Gasteiger partial charge < -0.3 is 18.9 Å². The van der Waals surface area contributed by atoms with Crippen LogP contribution in [0, 0.1) is 0 Å². The minimum atomic E-state index is -0.0323. The van der Waals surface area contributed by atoms with Crippen LogP contribution in [0.25, 0.3) is 0 Å². The van der Waals surface area contributed by atoms with Crippen LogP contribution in [0.5, 0.6) is 0 Å². The molecule has 0 aromatic rings. The van der Waals surface area contributed by atoms with Gasteiger partial charge in [0.15, 0.2) is 0 Å². The molecule has 4 nitrogen and oxygen atoms in total. The molecule has 0 heterocycles. The monoisotopic (exact) mass is 204 g/mol. The molecule has 0 rings (SSSR count). The molecule has 0 saturated carbocycles. The molecule has 14 heavy (non-hydrogen) atoms. The van der Waals surface area contributed by atoms with Crippen molar-refractivity contribution in [2.75, 3.05) is 47.3 Å². The molecule has 4 heteroatoms. The molecule has 0 N–H and O–H groups in total. The topological polar surface area (TPSA) is 36.9 Å². The molecule has 0 bridgehead atoms. The highest BCUT2D eigenvalue weighted by Crippen LogP contribution is 1.95. The summed E-state index contributed by atoms with van der Waals surface area (Å²) < 4.78 is 20.6. The van der Waals surface area contributed by atoms with Crippen LogP contribution in [0.2, 0.25) is 0 Å². The lowest BCUT2D eigenvalue weighted by Crippen LogP contribution is -2.26. The first-order valence-corrected chi connectivity index (χ1v) is 4.63. The van der Waals surface area contributed by atoms with Crippen molar-refractivity contribution in [3.05, 3.63) is 12.7 Å². The van der Waals surface area contributed by atoms with Crippen molar-refractivity contribution in [1.29, 1.82) is 0 Å². The van der Waals surface area contributed by atoms with Gasteiger partial charge in [0.25, 0.3) is 0 Å². The second-order valence-electron chi connectivity index (χ2n) is 2.77. The van der Waals surface area contributed by atoms with Gasteiger partial charge in [-0.3, -0.25) is 0 Å². The van der Waals surface area contributed by atoms with E-state index in [0.29, 0.717) is 33.0 Å². The summed E-state index contributed by atoms with van der Waals surface area (Å²) in [6, 6.07) is 0. The van der Waals surface area contributed by atoms with Gasteiger partial charge in [0.05, 0.1) is 33.0 Å². The average molecular weight is 204 g/mol. The molecule has 0 aliphatic heterocycles. The molecule has 0 spiro atoms. The summed E-state index contributed by atoms with van der Waals surface area (Å²) in [6.45, 7) is 6.29. The Morgan fingerprint density at radius 1 is 1.14 bits per heavy atom. The molecule has 0 aliphatic carbocycles. The van der Waals surface area contributed by atoms with Crippen LogP contribution >= 0.6 is 0 Å². The summed E-state index contributed by atoms with van der Waals surface area (Å²) in [5, 5.41) is 0. The molecule has 0 aliphatic rings. The van der Waals surface area contributed by atoms with Crippen LogP contribution in [0.3, 0.4) is 0 Å². The molecule has 0 saturated heterocycles. The molecule has 1 atom stereocenters. The normalized spacial score (nSPS) is 12.7. The van der Waals surface area contributed by atoms with E-state index in [4.69, 9.17) is 18.9 Å². The summed E-state index contributed by atoms with van der Waals surface area (Å²) in [6.07, 6.45) is 1.68. The zero-order valence-electron chi connectivity index (χ0n) is 9.03. The molecule has 0 fully saturated rings.